The van der Waals surface area contributed by atoms with E-state index in [1.165, 1.54) is 0 Å². The largest absolute Gasteiger partial charge is 0.394 e. The van der Waals surface area contributed by atoms with Crippen molar-refractivity contribution in [3.8, 4) is 0 Å². The van der Waals surface area contributed by atoms with Crippen LogP contribution in [0.1, 0.15) is 5.56 Å². The smallest absolute Gasteiger partial charge is 0.274 e. The van der Waals surface area contributed by atoms with Gasteiger partial charge >= 0.3 is 0 Å². The minimum atomic E-state index is -0.108. The van der Waals surface area contributed by atoms with Gasteiger partial charge in [-0.25, -0.2) is 0 Å². The highest BCUT2D eigenvalue weighted by Gasteiger charge is 2.18. The molecule has 0 saturated carbocycles. The molecule has 1 aromatic carbocycles. The van der Waals surface area contributed by atoms with Crippen LogP contribution in [0.3, 0.4) is 0 Å². The molecule has 4 heteroatoms. The molecule has 3 rings (SSSR count). The maximum absolute atomic E-state index is 11.8. The maximum Gasteiger partial charge on any atom is 0.274 e. The Hall–Kier alpha value is -1.48. The molecule has 2 heterocycles. The SMILES string of the molecule is Nc1cc2ccc(Cl)c3c2n(c1=O)CC3. The summed E-state index contributed by atoms with van der Waals surface area (Å²) in [5.41, 5.74) is 7.86. The van der Waals surface area contributed by atoms with E-state index in [1.807, 2.05) is 12.1 Å². The molecule has 15 heavy (non-hydrogen) atoms. The van der Waals surface area contributed by atoms with Gasteiger partial charge in [-0.3, -0.25) is 4.79 Å². The van der Waals surface area contributed by atoms with E-state index in [0.29, 0.717) is 12.2 Å². The highest BCUT2D eigenvalue weighted by atomic mass is 35.5. The van der Waals surface area contributed by atoms with Crippen molar-refractivity contribution in [1.29, 1.82) is 0 Å². The first-order chi connectivity index (χ1) is 7.18. The number of anilines is 1. The highest BCUT2D eigenvalue weighted by molar-refractivity contribution is 6.32. The van der Waals surface area contributed by atoms with E-state index in [0.717, 1.165) is 27.9 Å². The van der Waals surface area contributed by atoms with Gasteiger partial charge in [0.05, 0.1) is 11.2 Å². The highest BCUT2D eigenvalue weighted by Crippen LogP contribution is 2.30. The number of nitrogen functional groups attached to an aromatic ring is 1. The number of hydrogen-bond acceptors (Lipinski definition) is 2. The Labute approximate surface area is 91.1 Å². The quantitative estimate of drug-likeness (QED) is 0.736. The molecule has 0 aliphatic carbocycles. The van der Waals surface area contributed by atoms with Gasteiger partial charge in [0.15, 0.2) is 0 Å². The first-order valence-corrected chi connectivity index (χ1v) is 5.16. The summed E-state index contributed by atoms with van der Waals surface area (Å²) in [6.07, 6.45) is 0.814. The van der Waals surface area contributed by atoms with Crippen molar-refractivity contribution in [3.05, 3.63) is 39.1 Å². The van der Waals surface area contributed by atoms with E-state index < -0.39 is 0 Å². The van der Waals surface area contributed by atoms with Crippen molar-refractivity contribution in [2.75, 3.05) is 5.73 Å². The van der Waals surface area contributed by atoms with Gasteiger partial charge in [0.1, 0.15) is 0 Å². The van der Waals surface area contributed by atoms with Gasteiger partial charge in [-0.1, -0.05) is 17.7 Å². The lowest BCUT2D eigenvalue weighted by Gasteiger charge is -2.05. The average molecular weight is 221 g/mol. The second kappa shape index (κ2) is 2.76. The second-order valence-electron chi connectivity index (χ2n) is 3.77. The van der Waals surface area contributed by atoms with Crippen LogP contribution in [0.15, 0.2) is 23.0 Å². The Balaban J connectivity index is 2.61. The Morgan fingerprint density at radius 1 is 1.40 bits per heavy atom. The number of nitrogens with zero attached hydrogens (tertiary/aromatic N) is 1. The van der Waals surface area contributed by atoms with Crippen molar-refractivity contribution in [2.24, 2.45) is 0 Å². The second-order valence-corrected chi connectivity index (χ2v) is 4.18. The van der Waals surface area contributed by atoms with Crippen LogP contribution < -0.4 is 11.3 Å². The van der Waals surface area contributed by atoms with Crippen LogP contribution in [0.25, 0.3) is 10.9 Å². The molecule has 2 N–H and O–H groups in total. The predicted octanol–water partition coefficient (Wildman–Crippen LogP) is 1.79. The normalized spacial score (nSPS) is 13.7. The van der Waals surface area contributed by atoms with Crippen LogP contribution in [-0.4, -0.2) is 4.57 Å². The Morgan fingerprint density at radius 2 is 2.20 bits per heavy atom. The minimum absolute atomic E-state index is 0.108. The summed E-state index contributed by atoms with van der Waals surface area (Å²) in [4.78, 5) is 11.8. The molecule has 1 aromatic heterocycles. The van der Waals surface area contributed by atoms with Gasteiger partial charge in [0, 0.05) is 17.0 Å². The molecule has 0 bridgehead atoms. The summed E-state index contributed by atoms with van der Waals surface area (Å²) < 4.78 is 1.71. The van der Waals surface area contributed by atoms with Gasteiger partial charge in [0.25, 0.3) is 5.56 Å². The van der Waals surface area contributed by atoms with Crippen molar-refractivity contribution >= 4 is 28.2 Å². The molecule has 0 saturated heterocycles. The van der Waals surface area contributed by atoms with Gasteiger partial charge in [-0.05, 0) is 24.1 Å². The summed E-state index contributed by atoms with van der Waals surface area (Å²) >= 11 is 6.08. The number of aryl methyl sites for hydroxylation is 2. The number of halogens is 1. The zero-order valence-electron chi connectivity index (χ0n) is 7.96. The summed E-state index contributed by atoms with van der Waals surface area (Å²) in [6.45, 7) is 0.680. The molecule has 76 valence electrons. The molecular weight excluding hydrogens is 212 g/mol. The van der Waals surface area contributed by atoms with Crippen molar-refractivity contribution < 1.29 is 0 Å². The van der Waals surface area contributed by atoms with E-state index in [2.05, 4.69) is 0 Å². The van der Waals surface area contributed by atoms with Gasteiger partial charge in [0.2, 0.25) is 0 Å². The summed E-state index contributed by atoms with van der Waals surface area (Å²) in [5.74, 6) is 0. The first kappa shape index (κ1) is 8.80. The van der Waals surface area contributed by atoms with Crippen LogP contribution in [0, 0.1) is 0 Å². The summed E-state index contributed by atoms with van der Waals surface area (Å²) in [5, 5.41) is 1.72. The zero-order chi connectivity index (χ0) is 10.6. The zero-order valence-corrected chi connectivity index (χ0v) is 8.71. The predicted molar refractivity (Wildman–Crippen MR) is 61.3 cm³/mol. The molecule has 0 fully saturated rings. The fourth-order valence-corrected chi connectivity index (χ4v) is 2.47. The van der Waals surface area contributed by atoms with Crippen LogP contribution in [-0.2, 0) is 13.0 Å². The van der Waals surface area contributed by atoms with Crippen LogP contribution in [0.2, 0.25) is 5.02 Å². The number of nitrogens with two attached hydrogens (primary N) is 1. The number of benzene rings is 1. The van der Waals surface area contributed by atoms with E-state index in [4.69, 9.17) is 17.3 Å². The third kappa shape index (κ3) is 1.04. The monoisotopic (exact) mass is 220 g/mol. The van der Waals surface area contributed by atoms with E-state index in [1.54, 1.807) is 10.6 Å². The molecule has 0 amide bonds. The van der Waals surface area contributed by atoms with Crippen LogP contribution in [0.4, 0.5) is 5.69 Å². The molecule has 0 radical (unpaired) electrons. The van der Waals surface area contributed by atoms with Crippen molar-refractivity contribution in [2.45, 2.75) is 13.0 Å². The minimum Gasteiger partial charge on any atom is -0.394 e. The third-order valence-corrected chi connectivity index (χ3v) is 3.27. The van der Waals surface area contributed by atoms with E-state index >= 15 is 0 Å². The summed E-state index contributed by atoms with van der Waals surface area (Å²) in [6, 6.07) is 5.48. The molecule has 0 spiro atoms. The van der Waals surface area contributed by atoms with Gasteiger partial charge in [-0.15, -0.1) is 0 Å². The standard InChI is InChI=1S/C11H9ClN2O/c12-8-2-1-6-5-9(13)11(15)14-4-3-7(8)10(6)14/h1-2,5H,3-4,13H2. The van der Waals surface area contributed by atoms with Crippen LogP contribution >= 0.6 is 11.6 Å². The van der Waals surface area contributed by atoms with E-state index in [9.17, 15) is 4.79 Å². The molecule has 1 aliphatic heterocycles. The average Bonchev–Trinajstić information content (AvgIpc) is 2.65. The fraction of sp³-hybridized carbons (Fsp3) is 0.182. The van der Waals surface area contributed by atoms with Crippen LogP contribution in [0.5, 0.6) is 0 Å². The molecule has 3 nitrogen and oxygen atoms in total. The lowest BCUT2D eigenvalue weighted by molar-refractivity contribution is 0.744. The third-order valence-electron chi connectivity index (χ3n) is 2.92. The number of aromatic nitrogens is 1. The first-order valence-electron chi connectivity index (χ1n) is 4.79. The number of rotatable bonds is 0. The topological polar surface area (TPSA) is 48.0 Å². The Bertz CT molecular complexity index is 631. The summed E-state index contributed by atoms with van der Waals surface area (Å²) in [7, 11) is 0. The Morgan fingerprint density at radius 3 is 3.00 bits per heavy atom. The van der Waals surface area contributed by atoms with Crippen molar-refractivity contribution in [3.63, 3.8) is 0 Å². The molecule has 1 aliphatic rings. The van der Waals surface area contributed by atoms with Crippen molar-refractivity contribution in [1.82, 2.24) is 4.57 Å². The number of hydrogen-bond donors (Lipinski definition) is 1. The molecular formula is C11H9ClN2O. The fourth-order valence-electron chi connectivity index (χ4n) is 2.23. The lowest BCUT2D eigenvalue weighted by Crippen LogP contribution is -2.20. The lowest BCUT2D eigenvalue weighted by atomic mass is 10.1. The molecule has 0 unspecified atom stereocenters. The van der Waals surface area contributed by atoms with Gasteiger partial charge < -0.3 is 10.3 Å². The Kier molecular flexibility index (Phi) is 1.62. The van der Waals surface area contributed by atoms with E-state index in [-0.39, 0.29) is 5.56 Å². The molecule has 2 aromatic rings. The van der Waals surface area contributed by atoms with Gasteiger partial charge in [-0.2, -0.15) is 0 Å². The number of pyridine rings is 1. The molecule has 0 atom stereocenters. The maximum atomic E-state index is 11.8.